The molecule has 0 radical (unpaired) electrons. The Morgan fingerprint density at radius 2 is 2.05 bits per heavy atom. The fourth-order valence-corrected chi connectivity index (χ4v) is 3.66. The van der Waals surface area contributed by atoms with Crippen LogP contribution in [0.15, 0.2) is 24.3 Å². The Balaban J connectivity index is 1.70. The number of carboxylic acids is 1. The highest BCUT2D eigenvalue weighted by Gasteiger charge is 2.55. The molecule has 0 bridgehead atoms. The highest BCUT2D eigenvalue weighted by atomic mass is 35.5. The van der Waals surface area contributed by atoms with Gasteiger partial charge in [0.1, 0.15) is 0 Å². The third-order valence-electron chi connectivity index (χ3n) is 4.68. The number of likely N-dealkylation sites (tertiary alicyclic amines) is 1. The van der Waals surface area contributed by atoms with E-state index in [-0.39, 0.29) is 11.9 Å². The van der Waals surface area contributed by atoms with Crippen LogP contribution in [0.1, 0.15) is 19.3 Å². The van der Waals surface area contributed by atoms with Gasteiger partial charge in [-0.15, -0.1) is 0 Å². The average molecular weight is 309 g/mol. The highest BCUT2D eigenvalue weighted by Crippen LogP contribution is 2.48. The van der Waals surface area contributed by atoms with Crippen molar-refractivity contribution in [2.45, 2.75) is 19.3 Å². The molecule has 2 N–H and O–H groups in total. The van der Waals surface area contributed by atoms with Crippen LogP contribution in [0, 0.1) is 11.3 Å². The van der Waals surface area contributed by atoms with Gasteiger partial charge in [0.2, 0.25) is 0 Å². The minimum Gasteiger partial charge on any atom is -0.481 e. The lowest BCUT2D eigenvalue weighted by atomic mass is 9.81. The van der Waals surface area contributed by atoms with Crippen molar-refractivity contribution in [3.8, 4) is 0 Å². The number of amides is 2. The summed E-state index contributed by atoms with van der Waals surface area (Å²) in [4.78, 5) is 25.5. The molecular weight excluding hydrogens is 292 g/mol. The van der Waals surface area contributed by atoms with E-state index in [1.807, 2.05) is 0 Å². The fourth-order valence-electron chi connectivity index (χ4n) is 3.53. The molecule has 1 saturated heterocycles. The second-order valence-corrected chi connectivity index (χ2v) is 6.30. The van der Waals surface area contributed by atoms with Crippen LogP contribution >= 0.6 is 11.6 Å². The first-order valence-electron chi connectivity index (χ1n) is 7.06. The van der Waals surface area contributed by atoms with Crippen molar-refractivity contribution in [2.75, 3.05) is 18.4 Å². The molecule has 1 aromatic carbocycles. The van der Waals surface area contributed by atoms with Gasteiger partial charge in [-0.3, -0.25) is 4.79 Å². The molecule has 3 rings (SSSR count). The molecule has 1 aliphatic carbocycles. The summed E-state index contributed by atoms with van der Waals surface area (Å²) < 4.78 is 0. The van der Waals surface area contributed by atoms with Gasteiger partial charge in [-0.2, -0.15) is 0 Å². The van der Waals surface area contributed by atoms with Crippen LogP contribution in [0.3, 0.4) is 0 Å². The molecule has 2 fully saturated rings. The summed E-state index contributed by atoms with van der Waals surface area (Å²) in [6, 6.07) is 6.62. The smallest absolute Gasteiger partial charge is 0.321 e. The molecule has 6 heteroatoms. The Labute approximate surface area is 127 Å². The number of carbonyl (C=O) groups is 2. The summed E-state index contributed by atoms with van der Waals surface area (Å²) >= 11 is 5.80. The van der Waals surface area contributed by atoms with Crippen molar-refractivity contribution in [1.29, 1.82) is 0 Å². The number of carbonyl (C=O) groups excluding carboxylic acids is 1. The Kier molecular flexibility index (Phi) is 3.53. The third-order valence-corrected chi connectivity index (χ3v) is 4.93. The number of rotatable bonds is 2. The van der Waals surface area contributed by atoms with Crippen molar-refractivity contribution in [3.63, 3.8) is 0 Å². The SMILES string of the molecule is O=C(Nc1ccc(Cl)cc1)N1C[C@@H]2CCC[C@@]2(C(=O)O)C1. The van der Waals surface area contributed by atoms with E-state index >= 15 is 0 Å². The fraction of sp³-hybridized carbons (Fsp3) is 0.467. The van der Waals surface area contributed by atoms with Gasteiger partial charge in [0, 0.05) is 23.8 Å². The van der Waals surface area contributed by atoms with Gasteiger partial charge in [-0.25, -0.2) is 4.79 Å². The van der Waals surface area contributed by atoms with E-state index in [0.29, 0.717) is 30.2 Å². The predicted octanol–water partition coefficient (Wildman–Crippen LogP) is 3.06. The molecule has 2 aliphatic rings. The number of urea groups is 1. The van der Waals surface area contributed by atoms with Gasteiger partial charge in [-0.05, 0) is 43.0 Å². The Bertz CT molecular complexity index is 575. The predicted molar refractivity (Wildman–Crippen MR) is 79.5 cm³/mol. The van der Waals surface area contributed by atoms with Gasteiger partial charge in [0.15, 0.2) is 0 Å². The standard InChI is InChI=1S/C15H17ClN2O3/c16-11-3-5-12(6-4-11)17-14(21)18-8-10-2-1-7-15(10,9-18)13(19)20/h3-6,10H,1-2,7-9H2,(H,17,21)(H,19,20)/t10-,15+/m0/s1. The van der Waals surface area contributed by atoms with Crippen LogP contribution in [0.4, 0.5) is 10.5 Å². The van der Waals surface area contributed by atoms with Gasteiger partial charge in [0.05, 0.1) is 5.41 Å². The van der Waals surface area contributed by atoms with Gasteiger partial charge in [-0.1, -0.05) is 18.0 Å². The molecule has 1 saturated carbocycles. The summed E-state index contributed by atoms with van der Waals surface area (Å²) in [5.41, 5.74) is -0.0806. The quantitative estimate of drug-likeness (QED) is 0.882. The summed E-state index contributed by atoms with van der Waals surface area (Å²) in [5, 5.41) is 12.9. The number of anilines is 1. The monoisotopic (exact) mass is 308 g/mol. The van der Waals surface area contributed by atoms with Crippen LogP contribution in [0.2, 0.25) is 5.02 Å². The first-order valence-corrected chi connectivity index (χ1v) is 7.44. The van der Waals surface area contributed by atoms with Crippen LogP contribution in [0.5, 0.6) is 0 Å². The summed E-state index contributed by atoms with van der Waals surface area (Å²) in [7, 11) is 0. The van der Waals surface area contributed by atoms with E-state index < -0.39 is 11.4 Å². The second kappa shape index (κ2) is 5.22. The maximum Gasteiger partial charge on any atom is 0.321 e. The van der Waals surface area contributed by atoms with E-state index in [0.717, 1.165) is 12.8 Å². The lowest BCUT2D eigenvalue weighted by molar-refractivity contribution is -0.149. The number of nitrogens with one attached hydrogen (secondary N) is 1. The van der Waals surface area contributed by atoms with Crippen molar-refractivity contribution in [3.05, 3.63) is 29.3 Å². The number of nitrogens with zero attached hydrogens (tertiary/aromatic N) is 1. The van der Waals surface area contributed by atoms with Gasteiger partial charge < -0.3 is 15.3 Å². The number of fused-ring (bicyclic) bond motifs is 1. The van der Waals surface area contributed by atoms with E-state index in [1.165, 1.54) is 0 Å². The van der Waals surface area contributed by atoms with Crippen molar-refractivity contribution in [1.82, 2.24) is 4.90 Å². The largest absolute Gasteiger partial charge is 0.481 e. The van der Waals surface area contributed by atoms with Gasteiger partial charge in [0.25, 0.3) is 0 Å². The molecule has 21 heavy (non-hydrogen) atoms. The molecule has 0 aromatic heterocycles. The van der Waals surface area contributed by atoms with Crippen molar-refractivity contribution < 1.29 is 14.7 Å². The molecule has 1 aromatic rings. The number of halogens is 1. The molecule has 0 unspecified atom stereocenters. The van der Waals surface area contributed by atoms with Crippen LogP contribution in [-0.4, -0.2) is 35.1 Å². The minimum atomic E-state index is -0.771. The zero-order chi connectivity index (χ0) is 15.0. The molecule has 1 heterocycles. The number of benzene rings is 1. The number of hydrogen-bond acceptors (Lipinski definition) is 2. The molecule has 1 aliphatic heterocycles. The average Bonchev–Trinajstić information content (AvgIpc) is 2.99. The molecule has 112 valence electrons. The number of carboxylic acid groups (broad SMARTS) is 1. The molecular formula is C15H17ClN2O3. The molecule has 0 spiro atoms. The van der Waals surface area contributed by atoms with E-state index in [4.69, 9.17) is 11.6 Å². The molecule has 5 nitrogen and oxygen atoms in total. The lowest BCUT2D eigenvalue weighted by Crippen LogP contribution is -2.38. The van der Waals surface area contributed by atoms with Crippen LogP contribution < -0.4 is 5.32 Å². The zero-order valence-electron chi connectivity index (χ0n) is 11.5. The first kappa shape index (κ1) is 14.2. The Hall–Kier alpha value is -1.75. The van der Waals surface area contributed by atoms with E-state index in [2.05, 4.69) is 5.32 Å². The van der Waals surface area contributed by atoms with E-state index in [9.17, 15) is 14.7 Å². The van der Waals surface area contributed by atoms with Gasteiger partial charge >= 0.3 is 12.0 Å². The minimum absolute atomic E-state index is 0.0750. The van der Waals surface area contributed by atoms with Crippen LogP contribution in [0.25, 0.3) is 0 Å². The highest BCUT2D eigenvalue weighted by molar-refractivity contribution is 6.30. The second-order valence-electron chi connectivity index (χ2n) is 5.87. The van der Waals surface area contributed by atoms with Crippen LogP contribution in [-0.2, 0) is 4.79 Å². The maximum absolute atomic E-state index is 12.3. The topological polar surface area (TPSA) is 69.6 Å². The third kappa shape index (κ3) is 2.46. The van der Waals surface area contributed by atoms with Crippen molar-refractivity contribution in [2.24, 2.45) is 11.3 Å². The molecule has 2 atom stereocenters. The lowest BCUT2D eigenvalue weighted by Gasteiger charge is -2.23. The van der Waals surface area contributed by atoms with Crippen molar-refractivity contribution >= 4 is 29.3 Å². The number of hydrogen-bond donors (Lipinski definition) is 2. The molecule has 2 amide bonds. The normalized spacial score (nSPS) is 27.5. The first-order chi connectivity index (χ1) is 10.0. The van der Waals surface area contributed by atoms with E-state index in [1.54, 1.807) is 29.2 Å². The summed E-state index contributed by atoms with van der Waals surface area (Å²) in [6.07, 6.45) is 2.48. The maximum atomic E-state index is 12.3. The zero-order valence-corrected chi connectivity index (χ0v) is 12.3. The summed E-state index contributed by atoms with van der Waals surface area (Å²) in [6.45, 7) is 0.818. The summed E-state index contributed by atoms with van der Waals surface area (Å²) in [5.74, 6) is -0.697. The Morgan fingerprint density at radius 1 is 1.33 bits per heavy atom. The Morgan fingerprint density at radius 3 is 2.67 bits per heavy atom. The number of aliphatic carboxylic acids is 1.